The first-order valence-electron chi connectivity index (χ1n) is 9.64. The van der Waals surface area contributed by atoms with Gasteiger partial charge in [-0.15, -0.1) is 0 Å². The first-order valence-corrected chi connectivity index (χ1v) is 9.64. The van der Waals surface area contributed by atoms with E-state index in [4.69, 9.17) is 0 Å². The maximum Gasteiger partial charge on any atom is 0.225 e. The average Bonchev–Trinajstić information content (AvgIpc) is 3.23. The zero-order valence-corrected chi connectivity index (χ0v) is 16.0. The molecular formula is C21H23N7. The lowest BCUT2D eigenvalue weighted by Crippen LogP contribution is -2.29. The Morgan fingerprint density at radius 3 is 2.89 bits per heavy atom. The minimum atomic E-state index is -0.345. The maximum atomic E-state index is 4.62. The predicted molar refractivity (Wildman–Crippen MR) is 112 cm³/mol. The Bertz CT molecular complexity index is 1090. The number of aromatic nitrogens is 4. The van der Waals surface area contributed by atoms with Crippen LogP contribution >= 0.6 is 0 Å². The zero-order valence-electron chi connectivity index (χ0n) is 16.0. The Morgan fingerprint density at radius 2 is 2.04 bits per heavy atom. The molecule has 7 nitrogen and oxygen atoms in total. The van der Waals surface area contributed by atoms with Gasteiger partial charge in [-0.05, 0) is 68.0 Å². The van der Waals surface area contributed by atoms with Gasteiger partial charge < -0.3 is 15.6 Å². The highest BCUT2D eigenvalue weighted by Crippen LogP contribution is 2.37. The van der Waals surface area contributed by atoms with Gasteiger partial charge in [-0.1, -0.05) is 6.07 Å². The molecule has 0 spiro atoms. The number of anilines is 2. The van der Waals surface area contributed by atoms with Gasteiger partial charge in [-0.25, -0.2) is 9.97 Å². The van der Waals surface area contributed by atoms with Gasteiger partial charge in [0.2, 0.25) is 5.95 Å². The van der Waals surface area contributed by atoms with Gasteiger partial charge in [-0.2, -0.15) is 4.98 Å². The molecule has 1 aliphatic carbocycles. The molecule has 3 heterocycles. The molecule has 1 aromatic carbocycles. The first kappa shape index (κ1) is 16.9. The molecule has 0 unspecified atom stereocenters. The number of H-pyrrole nitrogens is 1. The molecule has 1 aliphatic heterocycles. The van der Waals surface area contributed by atoms with Crippen molar-refractivity contribution in [3.63, 3.8) is 0 Å². The van der Waals surface area contributed by atoms with E-state index < -0.39 is 0 Å². The van der Waals surface area contributed by atoms with E-state index in [1.165, 1.54) is 18.4 Å². The van der Waals surface area contributed by atoms with Crippen LogP contribution in [-0.4, -0.2) is 32.3 Å². The van der Waals surface area contributed by atoms with E-state index in [0.717, 1.165) is 40.7 Å². The molecule has 0 atom stereocenters. The van der Waals surface area contributed by atoms with Gasteiger partial charge >= 0.3 is 0 Å². The SMILES string of the molecule is CC(C)(Nc1nccc(NC2=NCC(C3CC3)=C2)n1)c1ccc2nc[nH]c2c1. The fraction of sp³-hybridized carbons (Fsp3) is 0.333. The normalized spacial score (nSPS) is 16.8. The molecule has 3 aromatic rings. The summed E-state index contributed by atoms with van der Waals surface area (Å²) in [5.74, 6) is 2.95. The van der Waals surface area contributed by atoms with E-state index in [9.17, 15) is 0 Å². The number of aliphatic imine (C=N–C) groups is 1. The van der Waals surface area contributed by atoms with Gasteiger partial charge in [0, 0.05) is 6.20 Å². The zero-order chi connectivity index (χ0) is 19.1. The van der Waals surface area contributed by atoms with Crippen molar-refractivity contribution in [1.82, 2.24) is 19.9 Å². The summed E-state index contributed by atoms with van der Waals surface area (Å²) < 4.78 is 0. The summed E-state index contributed by atoms with van der Waals surface area (Å²) in [5, 5.41) is 6.75. The summed E-state index contributed by atoms with van der Waals surface area (Å²) in [6.45, 7) is 5.03. The van der Waals surface area contributed by atoms with Crippen LogP contribution in [0.3, 0.4) is 0 Å². The van der Waals surface area contributed by atoms with Crippen LogP contribution in [0.4, 0.5) is 11.8 Å². The monoisotopic (exact) mass is 373 g/mol. The van der Waals surface area contributed by atoms with Gasteiger partial charge in [0.15, 0.2) is 0 Å². The number of hydrogen-bond acceptors (Lipinski definition) is 6. The molecular weight excluding hydrogens is 350 g/mol. The van der Waals surface area contributed by atoms with Crippen molar-refractivity contribution in [2.24, 2.45) is 10.9 Å². The summed E-state index contributed by atoms with van der Waals surface area (Å²) in [6, 6.07) is 8.07. The quantitative estimate of drug-likeness (QED) is 0.632. The number of benzene rings is 1. The number of amidine groups is 1. The molecule has 1 fully saturated rings. The summed E-state index contributed by atoms with van der Waals surface area (Å²) in [6.07, 6.45) is 8.23. The highest BCUT2D eigenvalue weighted by molar-refractivity contribution is 6.05. The van der Waals surface area contributed by atoms with E-state index in [1.807, 2.05) is 12.1 Å². The molecule has 0 radical (unpaired) electrons. The lowest BCUT2D eigenvalue weighted by atomic mass is 9.94. The van der Waals surface area contributed by atoms with E-state index in [-0.39, 0.29) is 5.54 Å². The summed E-state index contributed by atoms with van der Waals surface area (Å²) in [5.41, 5.74) is 4.19. The first-order chi connectivity index (χ1) is 13.6. The van der Waals surface area contributed by atoms with E-state index in [1.54, 1.807) is 12.5 Å². The van der Waals surface area contributed by atoms with E-state index >= 15 is 0 Å². The molecule has 7 heteroatoms. The van der Waals surface area contributed by atoms with Crippen molar-refractivity contribution in [3.05, 3.63) is 54.0 Å². The highest BCUT2D eigenvalue weighted by Gasteiger charge is 2.28. The molecule has 3 N–H and O–H groups in total. The molecule has 0 amide bonds. The second kappa shape index (κ2) is 6.44. The van der Waals surface area contributed by atoms with Gasteiger partial charge in [0.1, 0.15) is 11.7 Å². The third kappa shape index (κ3) is 3.35. The number of nitrogens with one attached hydrogen (secondary N) is 3. The molecule has 2 aliphatic rings. The van der Waals surface area contributed by atoms with Crippen molar-refractivity contribution in [3.8, 4) is 0 Å². The van der Waals surface area contributed by atoms with Crippen molar-refractivity contribution in [1.29, 1.82) is 0 Å². The number of hydrogen-bond donors (Lipinski definition) is 3. The van der Waals surface area contributed by atoms with Crippen LogP contribution in [0.5, 0.6) is 0 Å². The molecule has 0 bridgehead atoms. The Hall–Kier alpha value is -3.22. The summed E-state index contributed by atoms with van der Waals surface area (Å²) >= 11 is 0. The Kier molecular flexibility index (Phi) is 3.89. The largest absolute Gasteiger partial charge is 0.345 e. The van der Waals surface area contributed by atoms with Crippen LogP contribution in [0.15, 0.2) is 53.4 Å². The van der Waals surface area contributed by atoms with Crippen LogP contribution < -0.4 is 10.6 Å². The minimum Gasteiger partial charge on any atom is -0.345 e. The average molecular weight is 373 g/mol. The Balaban J connectivity index is 1.32. The minimum absolute atomic E-state index is 0.345. The smallest absolute Gasteiger partial charge is 0.225 e. The van der Waals surface area contributed by atoms with Gasteiger partial charge in [-0.3, -0.25) is 4.99 Å². The van der Waals surface area contributed by atoms with Crippen LogP contribution in [-0.2, 0) is 5.54 Å². The molecule has 142 valence electrons. The van der Waals surface area contributed by atoms with Crippen molar-refractivity contribution in [2.75, 3.05) is 17.2 Å². The van der Waals surface area contributed by atoms with Gasteiger partial charge in [0.05, 0.1) is 29.4 Å². The van der Waals surface area contributed by atoms with Gasteiger partial charge in [0.25, 0.3) is 0 Å². The number of fused-ring (bicyclic) bond motifs is 1. The number of aromatic amines is 1. The lowest BCUT2D eigenvalue weighted by molar-refractivity contribution is 0.602. The fourth-order valence-corrected chi connectivity index (χ4v) is 3.52. The standard InChI is InChI=1S/C21H23N7/c1-21(2,15-5-6-16-17(10-15)25-12-24-16)28-20-22-8-7-18(27-20)26-19-9-14(11-23-19)13-3-4-13/h5-10,12-13H,3-4,11H2,1-2H3,(H,24,25)(H2,22,23,26,27,28). The molecule has 5 rings (SSSR count). The highest BCUT2D eigenvalue weighted by atomic mass is 15.2. The van der Waals surface area contributed by atoms with E-state index in [2.05, 4.69) is 67.6 Å². The van der Waals surface area contributed by atoms with Crippen LogP contribution in [0, 0.1) is 5.92 Å². The number of imidazole rings is 1. The fourth-order valence-electron chi connectivity index (χ4n) is 3.52. The Labute approximate surface area is 163 Å². The number of rotatable bonds is 5. The third-order valence-corrected chi connectivity index (χ3v) is 5.33. The Morgan fingerprint density at radius 1 is 1.14 bits per heavy atom. The second-order valence-electron chi connectivity index (χ2n) is 7.97. The topological polar surface area (TPSA) is 90.9 Å². The summed E-state index contributed by atoms with van der Waals surface area (Å²) in [4.78, 5) is 21.0. The maximum absolute atomic E-state index is 4.62. The molecule has 0 saturated heterocycles. The summed E-state index contributed by atoms with van der Waals surface area (Å²) in [7, 11) is 0. The van der Waals surface area contributed by atoms with Crippen LogP contribution in [0.2, 0.25) is 0 Å². The van der Waals surface area contributed by atoms with Crippen LogP contribution in [0.25, 0.3) is 11.0 Å². The van der Waals surface area contributed by atoms with Crippen molar-refractivity contribution < 1.29 is 0 Å². The third-order valence-electron chi connectivity index (χ3n) is 5.33. The van der Waals surface area contributed by atoms with Crippen molar-refractivity contribution >= 4 is 28.6 Å². The predicted octanol–water partition coefficient (Wildman–Crippen LogP) is 3.86. The van der Waals surface area contributed by atoms with E-state index in [0.29, 0.717) is 5.95 Å². The molecule has 28 heavy (non-hydrogen) atoms. The number of nitrogens with zero attached hydrogens (tertiary/aromatic N) is 4. The molecule has 2 aromatic heterocycles. The van der Waals surface area contributed by atoms with Crippen molar-refractivity contribution in [2.45, 2.75) is 32.2 Å². The second-order valence-corrected chi connectivity index (χ2v) is 7.97. The van der Waals surface area contributed by atoms with Crippen LogP contribution in [0.1, 0.15) is 32.3 Å². The molecule has 1 saturated carbocycles. The lowest BCUT2D eigenvalue weighted by Gasteiger charge is -2.27.